The van der Waals surface area contributed by atoms with Gasteiger partial charge in [-0.25, -0.2) is 38.4 Å². The first-order valence-corrected chi connectivity index (χ1v) is 15.5. The molecule has 2 bridgehead atoms. The first kappa shape index (κ1) is 29.3. The smallest absolute Gasteiger partial charge is 0.387 e. The number of aryl methyl sites for hydroxylation is 1. The number of nitrogens with zero attached hydrogens (tertiary/aromatic N) is 6. The van der Waals surface area contributed by atoms with Crippen LogP contribution in [-0.4, -0.2) is 99.2 Å². The van der Waals surface area contributed by atoms with Gasteiger partial charge < -0.3 is 29.9 Å². The average molecular weight is 634 g/mol. The molecule has 2 aliphatic heterocycles. The molecule has 1 saturated carbocycles. The molecular weight excluding hydrogens is 609 g/mol. The van der Waals surface area contributed by atoms with E-state index in [1.165, 1.54) is 24.1 Å². The topological polar surface area (TPSA) is 255 Å². The Labute approximate surface area is 234 Å². The molecule has 0 aromatic carbocycles. The summed E-state index contributed by atoms with van der Waals surface area (Å²) in [4.78, 5) is 55.5. The second-order valence-electron chi connectivity index (χ2n) is 9.85. The van der Waals surface area contributed by atoms with E-state index in [1.807, 2.05) is 0 Å². The van der Waals surface area contributed by atoms with Crippen LogP contribution >= 0.6 is 15.6 Å². The van der Waals surface area contributed by atoms with Crippen LogP contribution in [-0.2, 0) is 32.0 Å². The fraction of sp³-hybridized carbons (Fsp3) is 0.600. The quantitative estimate of drug-likeness (QED) is 0.232. The van der Waals surface area contributed by atoms with Crippen molar-refractivity contribution in [1.82, 2.24) is 34.5 Å². The van der Waals surface area contributed by atoms with Gasteiger partial charge in [0, 0.05) is 5.92 Å². The van der Waals surface area contributed by atoms with Gasteiger partial charge in [-0.05, 0) is 13.3 Å². The molecule has 10 atom stereocenters. The SMILES string of the molecule is Cc1nc2c(ncn2[C@@H]2O[C@@H]3COP(=O)(O)O[C@@H]4[C@@H](COP(=O)(O)O[C@@H]2[C@@H]3O)C[C@@H](Nc2ncncn2)[C@@H]4F)c(=O)[nH]1. The van der Waals surface area contributed by atoms with Crippen LogP contribution in [0.4, 0.5) is 10.3 Å². The number of halogens is 1. The second kappa shape index (κ2) is 11.1. The van der Waals surface area contributed by atoms with Crippen LogP contribution in [0.25, 0.3) is 11.2 Å². The third kappa shape index (κ3) is 5.74. The Hall–Kier alpha value is -2.77. The van der Waals surface area contributed by atoms with Gasteiger partial charge in [-0.2, -0.15) is 0 Å². The predicted octanol–water partition coefficient (Wildman–Crippen LogP) is -0.272. The zero-order valence-electron chi connectivity index (χ0n) is 21.5. The average Bonchev–Trinajstić information content (AvgIpc) is 3.57. The number of fused-ring (bicyclic) bond motifs is 4. The minimum absolute atomic E-state index is 0.00842. The summed E-state index contributed by atoms with van der Waals surface area (Å²) in [6.07, 6.45) is -6.34. The summed E-state index contributed by atoms with van der Waals surface area (Å²) >= 11 is 0. The molecule has 3 fully saturated rings. The lowest BCUT2D eigenvalue weighted by Gasteiger charge is -2.26. The maximum atomic E-state index is 15.5. The van der Waals surface area contributed by atoms with Crippen molar-refractivity contribution in [1.29, 1.82) is 0 Å². The van der Waals surface area contributed by atoms with Gasteiger partial charge in [0.1, 0.15) is 49.1 Å². The minimum atomic E-state index is -5.01. The highest BCUT2D eigenvalue weighted by Gasteiger charge is 2.53. The van der Waals surface area contributed by atoms with E-state index in [9.17, 15) is 28.8 Å². The Morgan fingerprint density at radius 1 is 1.10 bits per heavy atom. The molecule has 0 amide bonds. The molecule has 6 rings (SSSR count). The van der Waals surface area contributed by atoms with E-state index in [0.29, 0.717) is 0 Å². The Morgan fingerprint density at radius 3 is 2.52 bits per heavy atom. The summed E-state index contributed by atoms with van der Waals surface area (Å²) in [5.41, 5.74) is -0.643. The van der Waals surface area contributed by atoms with E-state index in [1.54, 1.807) is 0 Å². The van der Waals surface area contributed by atoms with E-state index >= 15 is 4.39 Å². The van der Waals surface area contributed by atoms with E-state index < -0.39 is 83.2 Å². The van der Waals surface area contributed by atoms with Crippen LogP contribution in [0.15, 0.2) is 23.8 Å². The Bertz CT molecular complexity index is 1610. The van der Waals surface area contributed by atoms with E-state index in [-0.39, 0.29) is 29.4 Å². The molecule has 19 nitrogen and oxygen atoms in total. The molecule has 22 heteroatoms. The van der Waals surface area contributed by atoms with Crippen LogP contribution in [0, 0.1) is 12.8 Å². The molecule has 3 aromatic rings. The lowest BCUT2D eigenvalue weighted by atomic mass is 10.1. The van der Waals surface area contributed by atoms with E-state index in [2.05, 4.69) is 35.2 Å². The van der Waals surface area contributed by atoms with Crippen molar-refractivity contribution in [2.24, 2.45) is 5.92 Å². The number of H-pyrrole nitrogens is 1. The van der Waals surface area contributed by atoms with Crippen molar-refractivity contribution in [3.8, 4) is 0 Å². The minimum Gasteiger partial charge on any atom is -0.387 e. The number of aliphatic hydroxyl groups is 1. The van der Waals surface area contributed by atoms with Crippen LogP contribution in [0.2, 0.25) is 0 Å². The molecule has 1 aliphatic carbocycles. The summed E-state index contributed by atoms with van der Waals surface area (Å²) < 4.78 is 69.2. The second-order valence-corrected chi connectivity index (χ2v) is 12.7. The highest BCUT2D eigenvalue weighted by molar-refractivity contribution is 7.47. The largest absolute Gasteiger partial charge is 0.472 e. The Kier molecular flexibility index (Phi) is 7.72. The molecule has 0 spiro atoms. The third-order valence-corrected chi connectivity index (χ3v) is 9.00. The lowest BCUT2D eigenvalue weighted by Crippen LogP contribution is -2.35. The maximum absolute atomic E-state index is 15.5. The van der Waals surface area contributed by atoms with Crippen LogP contribution in [0.3, 0.4) is 0 Å². The number of phosphoric acid groups is 2. The molecule has 5 N–H and O–H groups in total. The molecule has 3 aliphatic rings. The van der Waals surface area contributed by atoms with Gasteiger partial charge in [-0.1, -0.05) is 0 Å². The predicted molar refractivity (Wildman–Crippen MR) is 134 cm³/mol. The van der Waals surface area contributed by atoms with E-state index in [0.717, 1.165) is 6.33 Å². The molecule has 2 unspecified atom stereocenters. The van der Waals surface area contributed by atoms with Crippen molar-refractivity contribution in [3.63, 3.8) is 0 Å². The van der Waals surface area contributed by atoms with Crippen LogP contribution in [0.5, 0.6) is 0 Å². The number of aliphatic hydroxyl groups excluding tert-OH is 1. The molecule has 3 aromatic heterocycles. The lowest BCUT2D eigenvalue weighted by molar-refractivity contribution is -0.0580. The van der Waals surface area contributed by atoms with Crippen molar-refractivity contribution in [3.05, 3.63) is 35.2 Å². The molecular formula is C20H25FN8O11P2. The van der Waals surface area contributed by atoms with Gasteiger partial charge >= 0.3 is 15.6 Å². The van der Waals surface area contributed by atoms with Crippen molar-refractivity contribution in [2.45, 2.75) is 56.2 Å². The van der Waals surface area contributed by atoms with Gasteiger partial charge in [-0.15, -0.1) is 0 Å². The number of ether oxygens (including phenoxy) is 1. The number of hydrogen-bond donors (Lipinski definition) is 5. The number of aromatic nitrogens is 7. The third-order valence-electron chi connectivity index (χ3n) is 7.03. The molecule has 5 heterocycles. The number of phosphoric ester groups is 2. The summed E-state index contributed by atoms with van der Waals surface area (Å²) in [6.45, 7) is 0.0845. The number of aromatic amines is 1. The molecule has 228 valence electrons. The molecule has 2 saturated heterocycles. The number of alkyl halides is 1. The first-order valence-electron chi connectivity index (χ1n) is 12.5. The summed E-state index contributed by atoms with van der Waals surface area (Å²) in [5, 5.41) is 13.7. The standard InChI is InChI=1S/C20H25FN8O11P2/c1-8-26-17-13(18(31)27-8)25-7-29(17)19-16-14(30)11(38-19)4-37-42(34,35)39-15-9(3-36-41(32,33)40-16)2-10(12(15)21)28-20-23-5-22-6-24-20/h5-7,9-12,14-16,19,30H,2-4H2,1H3,(H,32,33)(H,34,35)(H,26,27,31)(H,22,23,24,28)/t9-,10-,11-,12+,14-,15-,16-,19-/m1/s1. The van der Waals surface area contributed by atoms with E-state index in [4.69, 9.17) is 22.8 Å². The molecule has 42 heavy (non-hydrogen) atoms. The zero-order valence-corrected chi connectivity index (χ0v) is 23.3. The van der Waals surface area contributed by atoms with Crippen molar-refractivity contribution in [2.75, 3.05) is 18.5 Å². The number of rotatable bonds is 3. The first-order chi connectivity index (χ1) is 19.9. The Balaban J connectivity index is 1.29. The Morgan fingerprint density at radius 2 is 1.79 bits per heavy atom. The maximum Gasteiger partial charge on any atom is 0.472 e. The van der Waals surface area contributed by atoms with Crippen molar-refractivity contribution >= 4 is 32.8 Å². The van der Waals surface area contributed by atoms with Gasteiger partial charge in [0.25, 0.3) is 5.56 Å². The fourth-order valence-electron chi connectivity index (χ4n) is 5.15. The highest BCUT2D eigenvalue weighted by atomic mass is 31.2. The van der Waals surface area contributed by atoms with Crippen LogP contribution in [0.1, 0.15) is 18.5 Å². The summed E-state index contributed by atoms with van der Waals surface area (Å²) in [6, 6.07) is -1.04. The van der Waals surface area contributed by atoms with Crippen LogP contribution < -0.4 is 10.9 Å². The monoisotopic (exact) mass is 634 g/mol. The summed E-state index contributed by atoms with van der Waals surface area (Å²) in [7, 11) is -10.0. The highest BCUT2D eigenvalue weighted by Crippen LogP contribution is 2.54. The fourth-order valence-corrected chi connectivity index (χ4v) is 7.12. The zero-order chi connectivity index (χ0) is 29.8. The van der Waals surface area contributed by atoms with Crippen molar-refractivity contribution < 1.29 is 51.2 Å². The number of imidazole rings is 1. The molecule has 0 radical (unpaired) electrons. The van der Waals surface area contributed by atoms with Gasteiger partial charge in [-0.3, -0.25) is 27.5 Å². The van der Waals surface area contributed by atoms with Gasteiger partial charge in [0.2, 0.25) is 5.95 Å². The summed E-state index contributed by atoms with van der Waals surface area (Å²) in [5.74, 6) is -0.791. The number of anilines is 1. The normalized spacial score (nSPS) is 39.3. The van der Waals surface area contributed by atoms with Gasteiger partial charge in [0.05, 0.1) is 25.6 Å². The van der Waals surface area contributed by atoms with Gasteiger partial charge in [0.15, 0.2) is 17.4 Å². The number of nitrogens with one attached hydrogen (secondary N) is 2. The number of hydrogen-bond acceptors (Lipinski definition) is 15.